The summed E-state index contributed by atoms with van der Waals surface area (Å²) in [6, 6.07) is 9.89. The number of likely N-dealkylation sites (N-methyl/N-ethyl adjacent to an activating group) is 1. The van der Waals surface area contributed by atoms with Gasteiger partial charge in [0.2, 0.25) is 0 Å². The van der Waals surface area contributed by atoms with Crippen molar-refractivity contribution in [2.24, 2.45) is 7.05 Å². The van der Waals surface area contributed by atoms with Gasteiger partial charge in [0.15, 0.2) is 0 Å². The molecule has 3 aromatic heterocycles. The summed E-state index contributed by atoms with van der Waals surface area (Å²) >= 11 is 0. The lowest BCUT2D eigenvalue weighted by Gasteiger charge is -2.24. The monoisotopic (exact) mass is 626 g/mol. The number of benzene rings is 2. The molecule has 2 aromatic carbocycles. The molecule has 0 aliphatic carbocycles. The second kappa shape index (κ2) is 11.1. The number of alkyl halides is 2. The highest BCUT2D eigenvalue weighted by molar-refractivity contribution is 7.93. The molecule has 1 atom stereocenters. The number of hydrogen-bond donors (Lipinski definition) is 2. The fourth-order valence-corrected chi connectivity index (χ4v) is 5.94. The molecule has 6 rings (SSSR count). The number of aryl methyl sites for hydroxylation is 1. The van der Waals surface area contributed by atoms with Crippen LogP contribution in [0.1, 0.15) is 24.3 Å². The number of nitrogens with two attached hydrogens (primary N) is 1. The maximum absolute atomic E-state index is 13.5. The van der Waals surface area contributed by atoms with Crippen molar-refractivity contribution < 1.29 is 26.3 Å². The summed E-state index contributed by atoms with van der Waals surface area (Å²) in [4.78, 5) is 6.67. The minimum Gasteiger partial charge on any atom is -0.484 e. The number of halogens is 3. The summed E-state index contributed by atoms with van der Waals surface area (Å²) in [5, 5.41) is 9.86. The van der Waals surface area contributed by atoms with Crippen LogP contribution in [0.4, 0.5) is 24.7 Å². The van der Waals surface area contributed by atoms with Crippen molar-refractivity contribution in [2.75, 3.05) is 24.0 Å². The molecule has 0 saturated heterocycles. The zero-order valence-electron chi connectivity index (χ0n) is 24.0. The van der Waals surface area contributed by atoms with E-state index in [9.17, 15) is 21.6 Å². The topological polar surface area (TPSA) is 133 Å². The maximum atomic E-state index is 13.5. The average molecular weight is 627 g/mol. The van der Waals surface area contributed by atoms with Crippen LogP contribution < -0.4 is 15.2 Å². The van der Waals surface area contributed by atoms with Crippen LogP contribution in [0.3, 0.4) is 0 Å². The summed E-state index contributed by atoms with van der Waals surface area (Å²) in [5.41, 5.74) is 11.1. The molecule has 0 bridgehead atoms. The van der Waals surface area contributed by atoms with Gasteiger partial charge in [0.25, 0.3) is 10.0 Å². The van der Waals surface area contributed by atoms with Crippen molar-refractivity contribution in [1.29, 1.82) is 0 Å². The van der Waals surface area contributed by atoms with Crippen LogP contribution in [0.5, 0.6) is 5.75 Å². The van der Waals surface area contributed by atoms with Crippen molar-refractivity contribution in [1.82, 2.24) is 29.4 Å². The Morgan fingerprint density at radius 2 is 1.80 bits per heavy atom. The lowest BCUT2D eigenvalue weighted by molar-refractivity contribution is 0.228. The van der Waals surface area contributed by atoms with Crippen molar-refractivity contribution in [3.05, 3.63) is 71.9 Å². The molecule has 0 saturated carbocycles. The Labute approximate surface area is 251 Å². The number of anilines is 2. The van der Waals surface area contributed by atoms with Crippen LogP contribution in [0.2, 0.25) is 0 Å². The number of pyridine rings is 1. The van der Waals surface area contributed by atoms with E-state index in [1.807, 2.05) is 16.5 Å². The van der Waals surface area contributed by atoms with Gasteiger partial charge in [-0.15, -0.1) is 0 Å². The Balaban J connectivity index is 1.47. The molecular formula is C29H29F3N8O3S. The SMILES string of the molecule is C[C@H](Oc1cc(-c2nn(C)c3c(-c4cnn5c4CN(C)CC5)cnc(N)c23)ccc1NS(=O)(=O)C(F)F)c1ccc(F)cc1. The van der Waals surface area contributed by atoms with Crippen molar-refractivity contribution in [2.45, 2.75) is 31.9 Å². The Kier molecular flexibility index (Phi) is 7.45. The minimum absolute atomic E-state index is 0.0428. The number of nitrogens with one attached hydrogen (secondary N) is 1. The fraction of sp³-hybridized carbons (Fsp3) is 0.276. The van der Waals surface area contributed by atoms with E-state index in [0.717, 1.165) is 29.9 Å². The van der Waals surface area contributed by atoms with E-state index in [4.69, 9.17) is 15.6 Å². The van der Waals surface area contributed by atoms with Gasteiger partial charge in [-0.3, -0.25) is 19.0 Å². The lowest BCUT2D eigenvalue weighted by atomic mass is 10.0. The van der Waals surface area contributed by atoms with Gasteiger partial charge in [-0.1, -0.05) is 18.2 Å². The number of ether oxygens (including phenoxy) is 1. The molecule has 3 N–H and O–H groups in total. The highest BCUT2D eigenvalue weighted by atomic mass is 32.2. The number of aromatic nitrogens is 5. The van der Waals surface area contributed by atoms with Crippen molar-refractivity contribution in [3.8, 4) is 28.1 Å². The van der Waals surface area contributed by atoms with E-state index in [2.05, 4.69) is 15.0 Å². The molecule has 0 unspecified atom stereocenters. The third-order valence-electron chi connectivity index (χ3n) is 7.63. The summed E-state index contributed by atoms with van der Waals surface area (Å²) in [6.45, 7) is 4.01. The average Bonchev–Trinajstić information content (AvgIpc) is 3.56. The van der Waals surface area contributed by atoms with Gasteiger partial charge in [0.05, 0.1) is 35.0 Å². The Hall–Kier alpha value is -4.63. The Morgan fingerprint density at radius 1 is 1.05 bits per heavy atom. The van der Waals surface area contributed by atoms with Crippen LogP contribution in [-0.2, 0) is 30.2 Å². The quantitative estimate of drug-likeness (QED) is 0.252. The third-order valence-corrected chi connectivity index (χ3v) is 8.60. The number of rotatable bonds is 8. The molecule has 1 aliphatic rings. The molecule has 0 spiro atoms. The lowest BCUT2D eigenvalue weighted by Crippen LogP contribution is -2.30. The largest absolute Gasteiger partial charge is 0.484 e. The summed E-state index contributed by atoms with van der Waals surface area (Å²) in [7, 11) is -1.19. The van der Waals surface area contributed by atoms with Gasteiger partial charge in [0, 0.05) is 43.0 Å². The predicted molar refractivity (Wildman–Crippen MR) is 160 cm³/mol. The molecular weight excluding hydrogens is 597 g/mol. The van der Waals surface area contributed by atoms with E-state index < -0.39 is 27.7 Å². The van der Waals surface area contributed by atoms with E-state index in [1.54, 1.807) is 31.0 Å². The van der Waals surface area contributed by atoms with Crippen LogP contribution in [-0.4, -0.2) is 57.2 Å². The van der Waals surface area contributed by atoms with Crippen LogP contribution in [0, 0.1) is 5.82 Å². The zero-order chi connectivity index (χ0) is 31.3. The maximum Gasteiger partial charge on any atom is 0.355 e. The van der Waals surface area contributed by atoms with Gasteiger partial charge < -0.3 is 10.5 Å². The first-order valence-corrected chi connectivity index (χ1v) is 15.2. The van der Waals surface area contributed by atoms with E-state index in [1.165, 1.54) is 42.5 Å². The minimum atomic E-state index is -5.01. The van der Waals surface area contributed by atoms with Gasteiger partial charge in [0.1, 0.15) is 29.2 Å². The summed E-state index contributed by atoms with van der Waals surface area (Å²) < 4.78 is 75.9. The number of fused-ring (bicyclic) bond motifs is 2. The highest BCUT2D eigenvalue weighted by Gasteiger charge is 2.28. The standard InChI is InChI=1S/C29H29F3N8O3S/c1-16(17-4-7-19(30)8-5-17)43-24-12-18(6-9-22(24)37-44(41,42)29(31)32)26-25-27(39(3)36-26)21(13-34-28(25)33)20-14-35-40-11-10-38(2)15-23(20)40/h4-9,12-14,16,29,37H,10-11,15H2,1-3H3,(H2,33,34)/t16-/m0/s1. The first-order valence-electron chi connectivity index (χ1n) is 13.6. The molecule has 0 amide bonds. The summed E-state index contributed by atoms with van der Waals surface area (Å²) in [6.07, 6.45) is 2.79. The fourth-order valence-electron chi connectivity index (χ4n) is 5.37. The Morgan fingerprint density at radius 3 is 2.52 bits per heavy atom. The van der Waals surface area contributed by atoms with Crippen LogP contribution in [0.25, 0.3) is 33.3 Å². The number of nitrogen functional groups attached to an aromatic ring is 1. The van der Waals surface area contributed by atoms with E-state index in [0.29, 0.717) is 34.3 Å². The van der Waals surface area contributed by atoms with Crippen LogP contribution >= 0.6 is 0 Å². The molecule has 44 heavy (non-hydrogen) atoms. The normalized spacial score (nSPS) is 14.6. The second-order valence-electron chi connectivity index (χ2n) is 10.6. The van der Waals surface area contributed by atoms with Crippen molar-refractivity contribution in [3.63, 3.8) is 0 Å². The molecule has 5 aromatic rings. The van der Waals surface area contributed by atoms with Gasteiger partial charge in [-0.25, -0.2) is 17.8 Å². The van der Waals surface area contributed by atoms with Gasteiger partial charge >= 0.3 is 5.76 Å². The molecule has 15 heteroatoms. The van der Waals surface area contributed by atoms with E-state index in [-0.39, 0.29) is 17.3 Å². The molecule has 230 valence electrons. The van der Waals surface area contributed by atoms with E-state index >= 15 is 0 Å². The van der Waals surface area contributed by atoms with Crippen LogP contribution in [0.15, 0.2) is 54.9 Å². The summed E-state index contributed by atoms with van der Waals surface area (Å²) in [5.74, 6) is -3.93. The third kappa shape index (κ3) is 5.32. The highest BCUT2D eigenvalue weighted by Crippen LogP contribution is 2.41. The molecule has 1 aliphatic heterocycles. The molecule has 4 heterocycles. The number of hydrogen-bond acceptors (Lipinski definition) is 8. The predicted octanol–water partition coefficient (Wildman–Crippen LogP) is 4.77. The molecule has 0 radical (unpaired) electrons. The van der Waals surface area contributed by atoms with Gasteiger partial charge in [-0.2, -0.15) is 19.0 Å². The smallest absolute Gasteiger partial charge is 0.355 e. The second-order valence-corrected chi connectivity index (χ2v) is 12.3. The Bertz CT molecular complexity index is 1980. The molecule has 0 fully saturated rings. The molecule has 11 nitrogen and oxygen atoms in total. The van der Waals surface area contributed by atoms with Crippen molar-refractivity contribution >= 4 is 32.4 Å². The zero-order valence-corrected chi connectivity index (χ0v) is 24.8. The van der Waals surface area contributed by atoms with Gasteiger partial charge in [-0.05, 0) is 43.8 Å². The number of sulfonamides is 1. The number of nitrogens with zero attached hydrogens (tertiary/aromatic N) is 6. The first kappa shape index (κ1) is 29.4. The first-order chi connectivity index (χ1) is 20.9.